The van der Waals surface area contributed by atoms with Crippen LogP contribution in [0.4, 0.5) is 14.5 Å². The Morgan fingerprint density at radius 1 is 1.43 bits per heavy atom. The van der Waals surface area contributed by atoms with E-state index < -0.39 is 6.43 Å². The number of pyridine rings is 1. The van der Waals surface area contributed by atoms with Crippen LogP contribution in [0.5, 0.6) is 0 Å². The van der Waals surface area contributed by atoms with Crippen molar-refractivity contribution in [1.82, 2.24) is 4.98 Å². The molecule has 0 amide bonds. The van der Waals surface area contributed by atoms with Gasteiger partial charge in [0, 0.05) is 12.1 Å². The fourth-order valence-corrected chi connectivity index (χ4v) is 1.11. The molecular weight excluding hydrogens is 192 g/mol. The van der Waals surface area contributed by atoms with Gasteiger partial charge in [0.05, 0.1) is 23.7 Å². The number of aliphatic hydroxyl groups excluding tert-OH is 1. The van der Waals surface area contributed by atoms with Crippen LogP contribution in [0.15, 0.2) is 6.07 Å². The number of rotatable bonds is 3. The van der Waals surface area contributed by atoms with Crippen LogP contribution in [0.3, 0.4) is 0 Å². The lowest BCUT2D eigenvalue weighted by Gasteiger charge is -2.10. The summed E-state index contributed by atoms with van der Waals surface area (Å²) >= 11 is 0. The van der Waals surface area contributed by atoms with Crippen molar-refractivity contribution in [2.45, 2.75) is 19.6 Å². The van der Waals surface area contributed by atoms with Crippen molar-refractivity contribution >= 4 is 5.69 Å². The standard InChI is InChI=1S/C8H11F2N3O/c9-8(10)4-1-5(12)7(3-14)13-6(4)2-11/h1,8,14H,2-3,11-12H2. The first-order valence-corrected chi connectivity index (χ1v) is 3.97. The van der Waals surface area contributed by atoms with Gasteiger partial charge < -0.3 is 16.6 Å². The molecule has 0 aliphatic rings. The first-order chi connectivity index (χ1) is 6.60. The Morgan fingerprint density at radius 3 is 2.50 bits per heavy atom. The molecule has 0 aliphatic carbocycles. The molecule has 0 bridgehead atoms. The van der Waals surface area contributed by atoms with Crippen molar-refractivity contribution in [3.05, 3.63) is 23.0 Å². The molecule has 0 spiro atoms. The molecule has 4 nitrogen and oxygen atoms in total. The van der Waals surface area contributed by atoms with E-state index in [0.29, 0.717) is 0 Å². The van der Waals surface area contributed by atoms with E-state index in [-0.39, 0.29) is 35.8 Å². The Hall–Kier alpha value is -1.27. The van der Waals surface area contributed by atoms with Gasteiger partial charge in [0.15, 0.2) is 0 Å². The summed E-state index contributed by atoms with van der Waals surface area (Å²) in [6.45, 7) is -0.491. The van der Waals surface area contributed by atoms with Gasteiger partial charge in [-0.1, -0.05) is 0 Å². The fraction of sp³-hybridized carbons (Fsp3) is 0.375. The van der Waals surface area contributed by atoms with Crippen molar-refractivity contribution in [1.29, 1.82) is 0 Å². The summed E-state index contributed by atoms with van der Waals surface area (Å²) in [5.74, 6) is 0. The van der Waals surface area contributed by atoms with Crippen LogP contribution >= 0.6 is 0 Å². The number of nitrogens with two attached hydrogens (primary N) is 2. The minimum Gasteiger partial charge on any atom is -0.397 e. The zero-order valence-corrected chi connectivity index (χ0v) is 7.37. The molecule has 0 aliphatic heterocycles. The average molecular weight is 203 g/mol. The quantitative estimate of drug-likeness (QED) is 0.669. The summed E-state index contributed by atoms with van der Waals surface area (Å²) in [6, 6.07) is 1.10. The van der Waals surface area contributed by atoms with E-state index in [4.69, 9.17) is 16.6 Å². The summed E-state index contributed by atoms with van der Waals surface area (Å²) in [6.07, 6.45) is -2.66. The largest absolute Gasteiger partial charge is 0.397 e. The predicted molar refractivity (Wildman–Crippen MR) is 47.4 cm³/mol. The van der Waals surface area contributed by atoms with Gasteiger partial charge in [-0.3, -0.25) is 4.98 Å². The van der Waals surface area contributed by atoms with Gasteiger partial charge >= 0.3 is 0 Å². The molecule has 0 unspecified atom stereocenters. The van der Waals surface area contributed by atoms with E-state index in [1.165, 1.54) is 0 Å². The minimum atomic E-state index is -2.66. The maximum absolute atomic E-state index is 12.4. The maximum Gasteiger partial charge on any atom is 0.265 e. The Balaban J connectivity index is 3.24. The number of nitrogen functional groups attached to an aromatic ring is 1. The van der Waals surface area contributed by atoms with Crippen LogP contribution in [0.25, 0.3) is 0 Å². The van der Waals surface area contributed by atoms with E-state index in [1.807, 2.05) is 0 Å². The highest BCUT2D eigenvalue weighted by atomic mass is 19.3. The second-order valence-corrected chi connectivity index (χ2v) is 2.72. The van der Waals surface area contributed by atoms with Crippen LogP contribution < -0.4 is 11.5 Å². The topological polar surface area (TPSA) is 85.2 Å². The van der Waals surface area contributed by atoms with Crippen LogP contribution in [0, 0.1) is 0 Å². The highest BCUT2D eigenvalue weighted by Crippen LogP contribution is 2.25. The molecule has 5 N–H and O–H groups in total. The normalized spacial score (nSPS) is 10.9. The second-order valence-electron chi connectivity index (χ2n) is 2.72. The van der Waals surface area contributed by atoms with Gasteiger partial charge in [-0.2, -0.15) is 0 Å². The van der Waals surface area contributed by atoms with Crippen molar-refractivity contribution in [3.63, 3.8) is 0 Å². The number of halogens is 2. The van der Waals surface area contributed by atoms with Crippen molar-refractivity contribution in [2.24, 2.45) is 5.73 Å². The Bertz CT molecular complexity index is 331. The summed E-state index contributed by atoms with van der Waals surface area (Å²) in [5.41, 5.74) is 10.7. The number of anilines is 1. The van der Waals surface area contributed by atoms with Gasteiger partial charge in [-0.25, -0.2) is 8.78 Å². The van der Waals surface area contributed by atoms with E-state index >= 15 is 0 Å². The van der Waals surface area contributed by atoms with Crippen molar-refractivity contribution in [2.75, 3.05) is 5.73 Å². The van der Waals surface area contributed by atoms with E-state index in [1.54, 1.807) is 0 Å². The minimum absolute atomic E-state index is 0.0556. The lowest BCUT2D eigenvalue weighted by molar-refractivity contribution is 0.149. The summed E-state index contributed by atoms with van der Waals surface area (Å²) in [5, 5.41) is 8.80. The number of hydrogen-bond donors (Lipinski definition) is 3. The Kier molecular flexibility index (Phi) is 3.32. The lowest BCUT2D eigenvalue weighted by atomic mass is 10.1. The number of hydrogen-bond acceptors (Lipinski definition) is 4. The Labute approximate surface area is 79.6 Å². The van der Waals surface area contributed by atoms with Crippen molar-refractivity contribution < 1.29 is 13.9 Å². The number of alkyl halides is 2. The molecule has 0 saturated heterocycles. The van der Waals surface area contributed by atoms with Gasteiger partial charge in [0.25, 0.3) is 6.43 Å². The van der Waals surface area contributed by atoms with Gasteiger partial charge in [0.1, 0.15) is 0 Å². The molecule has 14 heavy (non-hydrogen) atoms. The third-order valence-electron chi connectivity index (χ3n) is 1.83. The first-order valence-electron chi connectivity index (χ1n) is 3.97. The van der Waals surface area contributed by atoms with E-state index in [2.05, 4.69) is 4.98 Å². The van der Waals surface area contributed by atoms with Crippen LogP contribution in [0.1, 0.15) is 23.4 Å². The molecule has 6 heteroatoms. The summed E-state index contributed by atoms with van der Waals surface area (Å²) in [4.78, 5) is 3.75. The van der Waals surface area contributed by atoms with Crippen LogP contribution in [0.2, 0.25) is 0 Å². The average Bonchev–Trinajstić information content (AvgIpc) is 2.17. The SMILES string of the molecule is NCc1nc(CO)c(N)cc1C(F)F. The molecule has 0 saturated carbocycles. The second kappa shape index (κ2) is 4.30. The molecule has 0 atom stereocenters. The van der Waals surface area contributed by atoms with Gasteiger partial charge in [0.2, 0.25) is 0 Å². The first kappa shape index (κ1) is 10.8. The third kappa shape index (κ3) is 1.97. The smallest absolute Gasteiger partial charge is 0.265 e. The molecule has 0 fully saturated rings. The molecule has 0 aromatic carbocycles. The number of aromatic nitrogens is 1. The molecule has 0 radical (unpaired) electrons. The van der Waals surface area contributed by atoms with E-state index in [0.717, 1.165) is 6.07 Å². The molecular formula is C8H11F2N3O. The highest BCUT2D eigenvalue weighted by molar-refractivity contribution is 5.47. The molecule has 78 valence electrons. The number of aliphatic hydroxyl groups is 1. The van der Waals surface area contributed by atoms with Crippen LogP contribution in [-0.2, 0) is 13.2 Å². The number of nitrogens with zero attached hydrogens (tertiary/aromatic N) is 1. The molecule has 1 aromatic heterocycles. The highest BCUT2D eigenvalue weighted by Gasteiger charge is 2.15. The molecule has 1 aromatic rings. The third-order valence-corrected chi connectivity index (χ3v) is 1.83. The molecule has 1 rings (SSSR count). The zero-order valence-electron chi connectivity index (χ0n) is 7.37. The lowest BCUT2D eigenvalue weighted by Crippen LogP contribution is -2.09. The molecule has 1 heterocycles. The van der Waals surface area contributed by atoms with Gasteiger partial charge in [-0.05, 0) is 6.07 Å². The summed E-state index contributed by atoms with van der Waals surface area (Å²) in [7, 11) is 0. The van der Waals surface area contributed by atoms with E-state index in [9.17, 15) is 8.78 Å². The van der Waals surface area contributed by atoms with Crippen LogP contribution in [-0.4, -0.2) is 10.1 Å². The fourth-order valence-electron chi connectivity index (χ4n) is 1.11. The van der Waals surface area contributed by atoms with Crippen molar-refractivity contribution in [3.8, 4) is 0 Å². The maximum atomic E-state index is 12.4. The predicted octanol–water partition coefficient (Wildman–Crippen LogP) is 0.552. The summed E-state index contributed by atoms with van der Waals surface area (Å²) < 4.78 is 24.8. The monoisotopic (exact) mass is 203 g/mol. The Morgan fingerprint density at radius 2 is 2.07 bits per heavy atom. The van der Waals surface area contributed by atoms with Gasteiger partial charge in [-0.15, -0.1) is 0 Å². The zero-order chi connectivity index (χ0) is 10.7.